The third kappa shape index (κ3) is 4.49. The third-order valence-electron chi connectivity index (χ3n) is 3.61. The maximum atomic E-state index is 12.5. The summed E-state index contributed by atoms with van der Waals surface area (Å²) in [5, 5.41) is 20.1. The molecular weight excluding hydrogens is 388 g/mol. The van der Waals surface area contributed by atoms with Crippen LogP contribution in [0.25, 0.3) is 0 Å². The summed E-state index contributed by atoms with van der Waals surface area (Å²) in [4.78, 5) is 10.4. The van der Waals surface area contributed by atoms with Crippen LogP contribution in [-0.2, 0) is 10.2 Å². The second-order valence-corrected chi connectivity index (χ2v) is 6.98. The van der Waals surface area contributed by atoms with Crippen LogP contribution < -0.4 is 18.9 Å². The van der Waals surface area contributed by atoms with E-state index in [1.54, 1.807) is 12.2 Å². The summed E-state index contributed by atoms with van der Waals surface area (Å²) in [5.74, 6) is 0.226. The number of nitrogens with one attached hydrogen (secondary N) is 2. The lowest BCUT2D eigenvalue weighted by Gasteiger charge is -2.15. The number of non-ortho nitro benzene ring substituents is 1. The Bertz CT molecular complexity index is 1090. The number of nitriles is 1. The van der Waals surface area contributed by atoms with Gasteiger partial charge in [-0.2, -0.15) is 13.7 Å². The average Bonchev–Trinajstić information content (AvgIpc) is 2.64. The fourth-order valence-electron chi connectivity index (χ4n) is 2.36. The molecule has 0 radical (unpaired) electrons. The van der Waals surface area contributed by atoms with Gasteiger partial charge in [-0.05, 0) is 30.4 Å². The quantitative estimate of drug-likeness (QED) is 0.424. The van der Waals surface area contributed by atoms with Crippen molar-refractivity contribution in [3.8, 4) is 17.6 Å². The number of hydrogen-bond donors (Lipinski definition) is 2. The number of rotatable bonds is 1. The predicted molar refractivity (Wildman–Crippen MR) is 101 cm³/mol. The van der Waals surface area contributed by atoms with Crippen LogP contribution >= 0.6 is 0 Å². The van der Waals surface area contributed by atoms with Crippen LogP contribution in [0.15, 0.2) is 48.6 Å². The van der Waals surface area contributed by atoms with E-state index in [9.17, 15) is 18.5 Å². The molecule has 0 saturated heterocycles. The normalized spacial score (nSPS) is 16.4. The molecule has 0 aromatic heterocycles. The number of fused-ring (bicyclic) bond motifs is 3. The van der Waals surface area contributed by atoms with Crippen LogP contribution in [0.5, 0.6) is 11.5 Å². The molecule has 2 bridgehead atoms. The summed E-state index contributed by atoms with van der Waals surface area (Å²) in [6, 6.07) is 9.75. The molecule has 2 aromatic rings. The van der Waals surface area contributed by atoms with Crippen LogP contribution in [0, 0.1) is 21.4 Å². The Morgan fingerprint density at radius 2 is 1.75 bits per heavy atom. The molecule has 10 nitrogen and oxygen atoms in total. The van der Waals surface area contributed by atoms with Gasteiger partial charge >= 0.3 is 10.2 Å². The van der Waals surface area contributed by atoms with Gasteiger partial charge in [0.2, 0.25) is 0 Å². The lowest BCUT2D eigenvalue weighted by Crippen LogP contribution is -2.22. The first-order valence-electron chi connectivity index (χ1n) is 7.92. The predicted octanol–water partition coefficient (Wildman–Crippen LogP) is 2.56. The van der Waals surface area contributed by atoms with Crippen LogP contribution in [0.2, 0.25) is 0 Å². The summed E-state index contributed by atoms with van der Waals surface area (Å²) in [6.45, 7) is 0.145. The molecule has 0 aliphatic carbocycles. The number of nitro benzene ring substituents is 1. The Labute approximate surface area is 160 Å². The summed E-state index contributed by atoms with van der Waals surface area (Å²) in [5.41, 5.74) is 0.224. The molecule has 0 saturated carbocycles. The van der Waals surface area contributed by atoms with Crippen LogP contribution in [-0.4, -0.2) is 26.6 Å². The Morgan fingerprint density at radius 1 is 1.04 bits per heavy atom. The zero-order valence-corrected chi connectivity index (χ0v) is 15.1. The van der Waals surface area contributed by atoms with Crippen molar-refractivity contribution < 1.29 is 22.8 Å². The van der Waals surface area contributed by atoms with Gasteiger partial charge in [0.1, 0.15) is 25.0 Å². The van der Waals surface area contributed by atoms with Crippen molar-refractivity contribution in [3.05, 3.63) is 64.2 Å². The number of ether oxygens (including phenoxy) is 2. The first-order chi connectivity index (χ1) is 13.4. The van der Waals surface area contributed by atoms with Gasteiger partial charge in [0.25, 0.3) is 5.69 Å². The van der Waals surface area contributed by atoms with E-state index in [4.69, 9.17) is 14.7 Å². The summed E-state index contributed by atoms with van der Waals surface area (Å²) in [6.07, 6.45) is 3.26. The highest BCUT2D eigenvalue weighted by Gasteiger charge is 2.18. The van der Waals surface area contributed by atoms with Crippen molar-refractivity contribution in [2.45, 2.75) is 0 Å². The van der Waals surface area contributed by atoms with Crippen molar-refractivity contribution in [2.24, 2.45) is 0 Å². The molecule has 1 heterocycles. The van der Waals surface area contributed by atoms with E-state index in [2.05, 4.69) is 9.44 Å². The monoisotopic (exact) mass is 402 g/mol. The number of nitro groups is 1. The number of hydrogen-bond acceptors (Lipinski definition) is 7. The van der Waals surface area contributed by atoms with E-state index in [1.165, 1.54) is 24.3 Å². The minimum atomic E-state index is -4.10. The minimum absolute atomic E-state index is 0.00252. The Hall–Kier alpha value is -3.78. The minimum Gasteiger partial charge on any atom is -0.488 e. The maximum absolute atomic E-state index is 12.5. The third-order valence-corrected chi connectivity index (χ3v) is 4.60. The van der Waals surface area contributed by atoms with Crippen molar-refractivity contribution in [2.75, 3.05) is 22.7 Å². The van der Waals surface area contributed by atoms with Gasteiger partial charge in [-0.15, -0.1) is 0 Å². The molecule has 1 aliphatic rings. The van der Waals surface area contributed by atoms with Gasteiger partial charge in [0.05, 0.1) is 27.9 Å². The van der Waals surface area contributed by atoms with E-state index in [0.717, 1.165) is 12.1 Å². The van der Waals surface area contributed by atoms with Crippen LogP contribution in [0.4, 0.5) is 17.1 Å². The molecule has 0 amide bonds. The number of nitrogens with zero attached hydrogens (tertiary/aromatic N) is 2. The topological polar surface area (TPSA) is 144 Å². The zero-order chi connectivity index (χ0) is 20.1. The van der Waals surface area contributed by atoms with Crippen molar-refractivity contribution >= 4 is 27.3 Å². The molecule has 0 atom stereocenters. The summed E-state index contributed by atoms with van der Waals surface area (Å²) in [7, 11) is -4.10. The van der Waals surface area contributed by atoms with Crippen LogP contribution in [0.3, 0.4) is 0 Å². The summed E-state index contributed by atoms with van der Waals surface area (Å²) >= 11 is 0. The van der Waals surface area contributed by atoms with Gasteiger partial charge in [-0.1, -0.05) is 0 Å². The molecule has 28 heavy (non-hydrogen) atoms. The van der Waals surface area contributed by atoms with Crippen LogP contribution in [0.1, 0.15) is 5.56 Å². The molecule has 144 valence electrons. The Balaban J connectivity index is 2.00. The van der Waals surface area contributed by atoms with E-state index >= 15 is 0 Å². The molecule has 3 rings (SSSR count). The van der Waals surface area contributed by atoms with Gasteiger partial charge in [-0.25, -0.2) is 0 Å². The molecule has 2 aromatic carbocycles. The smallest absolute Gasteiger partial charge is 0.321 e. The van der Waals surface area contributed by atoms with Crippen molar-refractivity contribution in [1.82, 2.24) is 0 Å². The van der Waals surface area contributed by atoms with Crippen molar-refractivity contribution in [1.29, 1.82) is 5.26 Å². The Morgan fingerprint density at radius 3 is 2.43 bits per heavy atom. The highest BCUT2D eigenvalue weighted by atomic mass is 32.2. The lowest BCUT2D eigenvalue weighted by atomic mass is 10.2. The Kier molecular flexibility index (Phi) is 5.32. The molecular formula is C17H14N4O6S. The van der Waals surface area contributed by atoms with E-state index in [0.29, 0.717) is 0 Å². The first-order valence-corrected chi connectivity index (χ1v) is 9.40. The fraction of sp³-hybridized carbons (Fsp3) is 0.118. The van der Waals surface area contributed by atoms with E-state index in [-0.39, 0.29) is 47.3 Å². The largest absolute Gasteiger partial charge is 0.488 e. The van der Waals surface area contributed by atoms with Gasteiger partial charge in [-0.3, -0.25) is 19.6 Å². The van der Waals surface area contributed by atoms with Crippen molar-refractivity contribution in [3.63, 3.8) is 0 Å². The van der Waals surface area contributed by atoms with E-state index < -0.39 is 15.1 Å². The number of benzene rings is 2. The van der Waals surface area contributed by atoms with E-state index in [1.807, 2.05) is 6.07 Å². The van der Waals surface area contributed by atoms with Gasteiger partial charge in [0, 0.05) is 12.1 Å². The zero-order valence-electron chi connectivity index (χ0n) is 14.3. The average molecular weight is 402 g/mol. The lowest BCUT2D eigenvalue weighted by molar-refractivity contribution is -0.384. The molecule has 1 aliphatic heterocycles. The standard InChI is InChI=1S/C17H14N4O6S/c18-11-12-3-4-13-9-16(12)26-7-1-2-8-27-17-10-14(21(22)23)5-6-15(17)20-28(24,25)19-13/h1-6,9-10,19-20H,7-8H2/b2-1-. The number of anilines is 2. The fourth-order valence-corrected chi connectivity index (χ4v) is 3.31. The molecule has 2 N–H and O–H groups in total. The van der Waals surface area contributed by atoms with Gasteiger partial charge < -0.3 is 9.47 Å². The molecule has 0 unspecified atom stereocenters. The second-order valence-electron chi connectivity index (χ2n) is 5.56. The van der Waals surface area contributed by atoms with Gasteiger partial charge in [0.15, 0.2) is 5.75 Å². The highest BCUT2D eigenvalue weighted by molar-refractivity contribution is 7.94. The highest BCUT2D eigenvalue weighted by Crippen LogP contribution is 2.31. The summed E-state index contributed by atoms with van der Waals surface area (Å²) < 4.78 is 40.4. The maximum Gasteiger partial charge on any atom is 0.321 e. The molecule has 0 fully saturated rings. The first kappa shape index (κ1) is 19.0. The second kappa shape index (κ2) is 7.85. The SMILES string of the molecule is N#Cc1ccc2cc1OC/C=C\COc1cc([N+](=O)[O-])ccc1NS(=O)(=O)N2. The molecule has 11 heteroatoms. The molecule has 0 spiro atoms.